The van der Waals surface area contributed by atoms with Gasteiger partial charge in [0.15, 0.2) is 11.5 Å². The highest BCUT2D eigenvalue weighted by Crippen LogP contribution is 2.37. The Morgan fingerprint density at radius 1 is 1.29 bits per heavy atom. The summed E-state index contributed by atoms with van der Waals surface area (Å²) in [6.45, 7) is 2.51. The standard InChI is InChI=1S/C16H16BrNO2S/c1-10-4-3-5-11(6-10)9-20-15-13(17)7-12(16(18)21)8-14(15)19-2/h3-8H,9H2,1-2H3,(H2,18,21). The van der Waals surface area contributed by atoms with E-state index in [-0.39, 0.29) is 0 Å². The molecule has 2 aromatic rings. The van der Waals surface area contributed by atoms with Crippen LogP contribution in [0.15, 0.2) is 40.9 Å². The zero-order valence-corrected chi connectivity index (χ0v) is 14.3. The lowest BCUT2D eigenvalue weighted by Gasteiger charge is -2.14. The normalized spacial score (nSPS) is 10.2. The fraction of sp³-hybridized carbons (Fsp3) is 0.188. The number of nitrogens with two attached hydrogens (primary N) is 1. The van der Waals surface area contributed by atoms with E-state index in [1.807, 2.05) is 18.2 Å². The predicted molar refractivity (Wildman–Crippen MR) is 92.1 cm³/mol. The second-order valence-corrected chi connectivity index (χ2v) is 5.93. The van der Waals surface area contributed by atoms with E-state index < -0.39 is 0 Å². The van der Waals surface area contributed by atoms with Gasteiger partial charge in [-0.3, -0.25) is 0 Å². The van der Waals surface area contributed by atoms with Crippen LogP contribution >= 0.6 is 28.1 Å². The van der Waals surface area contributed by atoms with Crippen LogP contribution in [0.2, 0.25) is 0 Å². The third-order valence-corrected chi connectivity index (χ3v) is 3.80. The van der Waals surface area contributed by atoms with Crippen molar-refractivity contribution in [2.24, 2.45) is 5.73 Å². The van der Waals surface area contributed by atoms with Gasteiger partial charge in [0.1, 0.15) is 11.6 Å². The number of ether oxygens (including phenoxy) is 2. The molecule has 0 atom stereocenters. The van der Waals surface area contributed by atoms with Gasteiger partial charge in [0.05, 0.1) is 11.6 Å². The van der Waals surface area contributed by atoms with Crippen LogP contribution in [-0.4, -0.2) is 12.1 Å². The molecule has 0 amide bonds. The number of benzene rings is 2. The van der Waals surface area contributed by atoms with E-state index in [1.165, 1.54) is 5.56 Å². The number of rotatable bonds is 5. The first-order valence-corrected chi connectivity index (χ1v) is 7.57. The van der Waals surface area contributed by atoms with Gasteiger partial charge in [-0.1, -0.05) is 42.0 Å². The minimum Gasteiger partial charge on any atom is -0.493 e. The average molecular weight is 366 g/mol. The number of halogens is 1. The summed E-state index contributed by atoms with van der Waals surface area (Å²) in [5.41, 5.74) is 8.68. The molecular weight excluding hydrogens is 350 g/mol. The Balaban J connectivity index is 2.25. The summed E-state index contributed by atoms with van der Waals surface area (Å²) >= 11 is 8.46. The largest absolute Gasteiger partial charge is 0.493 e. The number of aryl methyl sites for hydroxylation is 1. The molecule has 2 aromatic carbocycles. The van der Waals surface area contributed by atoms with Gasteiger partial charge in [-0.05, 0) is 40.5 Å². The highest BCUT2D eigenvalue weighted by molar-refractivity contribution is 9.10. The van der Waals surface area contributed by atoms with Crippen LogP contribution in [0.25, 0.3) is 0 Å². The van der Waals surface area contributed by atoms with Gasteiger partial charge in [-0.2, -0.15) is 0 Å². The van der Waals surface area contributed by atoms with Crippen molar-refractivity contribution in [2.45, 2.75) is 13.5 Å². The molecule has 2 N–H and O–H groups in total. The molecule has 0 spiro atoms. The summed E-state index contributed by atoms with van der Waals surface area (Å²) in [6, 6.07) is 11.8. The lowest BCUT2D eigenvalue weighted by Crippen LogP contribution is -2.10. The lowest BCUT2D eigenvalue weighted by molar-refractivity contribution is 0.282. The second-order valence-electron chi connectivity index (χ2n) is 4.63. The van der Waals surface area contributed by atoms with Gasteiger partial charge >= 0.3 is 0 Å². The lowest BCUT2D eigenvalue weighted by atomic mass is 10.1. The monoisotopic (exact) mass is 365 g/mol. The van der Waals surface area contributed by atoms with Crippen molar-refractivity contribution in [1.29, 1.82) is 0 Å². The Morgan fingerprint density at radius 3 is 2.67 bits per heavy atom. The topological polar surface area (TPSA) is 44.5 Å². The minimum atomic E-state index is 0.319. The average Bonchev–Trinajstić information content (AvgIpc) is 2.45. The van der Waals surface area contributed by atoms with Gasteiger partial charge in [0, 0.05) is 5.56 Å². The molecule has 0 radical (unpaired) electrons. The van der Waals surface area contributed by atoms with Gasteiger partial charge in [-0.25, -0.2) is 0 Å². The third-order valence-electron chi connectivity index (χ3n) is 2.98. The molecule has 0 unspecified atom stereocenters. The van der Waals surface area contributed by atoms with Crippen LogP contribution < -0.4 is 15.2 Å². The molecule has 0 aliphatic rings. The molecule has 0 saturated carbocycles. The molecule has 2 rings (SSSR count). The highest BCUT2D eigenvalue weighted by atomic mass is 79.9. The van der Waals surface area contributed by atoms with Crippen molar-refractivity contribution in [2.75, 3.05) is 7.11 Å². The molecule has 3 nitrogen and oxygen atoms in total. The van der Waals surface area contributed by atoms with Crippen LogP contribution in [0, 0.1) is 6.92 Å². The maximum atomic E-state index is 5.88. The van der Waals surface area contributed by atoms with Crippen molar-refractivity contribution in [3.8, 4) is 11.5 Å². The molecular formula is C16H16BrNO2S. The SMILES string of the molecule is COc1cc(C(N)=S)cc(Br)c1OCc1cccc(C)c1. The quantitative estimate of drug-likeness (QED) is 0.813. The van der Waals surface area contributed by atoms with Crippen LogP contribution in [-0.2, 0) is 6.61 Å². The molecule has 0 saturated heterocycles. The van der Waals surface area contributed by atoms with E-state index >= 15 is 0 Å². The van der Waals surface area contributed by atoms with Crippen molar-refractivity contribution >= 4 is 33.1 Å². The van der Waals surface area contributed by atoms with Gasteiger partial charge in [0.25, 0.3) is 0 Å². The Hall–Kier alpha value is -1.59. The van der Waals surface area contributed by atoms with Gasteiger partial charge < -0.3 is 15.2 Å². The molecule has 5 heteroatoms. The minimum absolute atomic E-state index is 0.319. The van der Waals surface area contributed by atoms with E-state index in [4.69, 9.17) is 27.4 Å². The predicted octanol–water partition coefficient (Wildman–Crippen LogP) is 3.98. The van der Waals surface area contributed by atoms with E-state index in [0.29, 0.717) is 23.1 Å². The summed E-state index contributed by atoms with van der Waals surface area (Å²) in [5, 5.41) is 0. The van der Waals surface area contributed by atoms with Gasteiger partial charge in [0.2, 0.25) is 0 Å². The molecule has 0 bridgehead atoms. The summed E-state index contributed by atoms with van der Waals surface area (Å²) in [5.74, 6) is 1.24. The Morgan fingerprint density at radius 2 is 2.05 bits per heavy atom. The van der Waals surface area contributed by atoms with E-state index in [0.717, 1.165) is 15.6 Å². The maximum Gasteiger partial charge on any atom is 0.175 e. The Kier molecular flexibility index (Phi) is 5.20. The van der Waals surface area contributed by atoms with Crippen molar-refractivity contribution in [3.63, 3.8) is 0 Å². The number of methoxy groups -OCH3 is 1. The smallest absolute Gasteiger partial charge is 0.175 e. The molecule has 0 aromatic heterocycles. The summed E-state index contributed by atoms with van der Waals surface area (Å²) in [6.07, 6.45) is 0. The number of hydrogen-bond donors (Lipinski definition) is 1. The fourth-order valence-corrected chi connectivity index (χ4v) is 2.63. The zero-order chi connectivity index (χ0) is 15.4. The highest BCUT2D eigenvalue weighted by Gasteiger charge is 2.13. The first-order valence-electron chi connectivity index (χ1n) is 6.37. The van der Waals surface area contributed by atoms with Crippen molar-refractivity contribution in [1.82, 2.24) is 0 Å². The fourth-order valence-electron chi connectivity index (χ4n) is 1.96. The third kappa shape index (κ3) is 3.95. The first kappa shape index (κ1) is 15.8. The molecule has 0 heterocycles. The molecule has 0 aliphatic carbocycles. The van der Waals surface area contributed by atoms with E-state index in [1.54, 1.807) is 13.2 Å². The van der Waals surface area contributed by atoms with Crippen molar-refractivity contribution < 1.29 is 9.47 Å². The van der Waals surface area contributed by atoms with E-state index in [9.17, 15) is 0 Å². The second kappa shape index (κ2) is 6.91. The zero-order valence-electron chi connectivity index (χ0n) is 11.9. The van der Waals surface area contributed by atoms with E-state index in [2.05, 4.69) is 35.0 Å². The number of hydrogen-bond acceptors (Lipinski definition) is 3. The number of thiocarbonyl (C=S) groups is 1. The Bertz CT molecular complexity index is 673. The van der Waals surface area contributed by atoms with Crippen LogP contribution in [0.4, 0.5) is 0 Å². The van der Waals surface area contributed by atoms with Crippen LogP contribution in [0.1, 0.15) is 16.7 Å². The summed E-state index contributed by atoms with van der Waals surface area (Å²) < 4.78 is 12.0. The molecule has 0 fully saturated rings. The van der Waals surface area contributed by atoms with Gasteiger partial charge in [-0.15, -0.1) is 0 Å². The summed E-state index contributed by atoms with van der Waals surface area (Å²) in [7, 11) is 1.59. The molecule has 110 valence electrons. The Labute approximate surface area is 138 Å². The molecule has 0 aliphatic heterocycles. The maximum absolute atomic E-state index is 5.88. The summed E-state index contributed by atoms with van der Waals surface area (Å²) in [4.78, 5) is 0.319. The van der Waals surface area contributed by atoms with Crippen LogP contribution in [0.3, 0.4) is 0 Å². The van der Waals surface area contributed by atoms with Crippen molar-refractivity contribution in [3.05, 3.63) is 57.6 Å². The molecule has 21 heavy (non-hydrogen) atoms. The van der Waals surface area contributed by atoms with Crippen LogP contribution in [0.5, 0.6) is 11.5 Å². The first-order chi connectivity index (χ1) is 10.0.